The summed E-state index contributed by atoms with van der Waals surface area (Å²) in [5.41, 5.74) is -0.269. The second-order valence-corrected chi connectivity index (χ2v) is 9.55. The van der Waals surface area contributed by atoms with Crippen LogP contribution in [0.3, 0.4) is 0 Å². The zero-order chi connectivity index (χ0) is 26.9. The van der Waals surface area contributed by atoms with Crippen molar-refractivity contribution in [1.29, 1.82) is 0 Å². The van der Waals surface area contributed by atoms with E-state index in [9.17, 15) is 35.2 Å². The van der Waals surface area contributed by atoms with Gasteiger partial charge in [-0.3, -0.25) is 4.79 Å². The highest BCUT2D eigenvalue weighted by atomic mass is 32.2. The molecule has 196 valence electrons. The smallest absolute Gasteiger partial charge is 0.456 e. The van der Waals surface area contributed by atoms with Crippen molar-refractivity contribution in [2.45, 2.75) is 37.9 Å². The van der Waals surface area contributed by atoms with E-state index in [1.165, 1.54) is 24.1 Å². The Bertz CT molecular complexity index is 1360. The van der Waals surface area contributed by atoms with Gasteiger partial charge in [-0.2, -0.15) is 27.1 Å². The van der Waals surface area contributed by atoms with Gasteiger partial charge in [0.2, 0.25) is 5.88 Å². The first-order valence-electron chi connectivity index (χ1n) is 10.6. The number of halogens is 5. The van der Waals surface area contributed by atoms with Crippen molar-refractivity contribution < 1.29 is 39.9 Å². The summed E-state index contributed by atoms with van der Waals surface area (Å²) in [5.74, 6) is -6.55. The van der Waals surface area contributed by atoms with Crippen molar-refractivity contribution >= 4 is 21.4 Å². The van der Waals surface area contributed by atoms with Gasteiger partial charge in [-0.25, -0.2) is 27.9 Å². The van der Waals surface area contributed by atoms with Crippen LogP contribution in [0.2, 0.25) is 0 Å². The monoisotopic (exact) mass is 536 g/mol. The molecule has 0 fully saturated rings. The lowest BCUT2D eigenvalue weighted by Crippen LogP contribution is -2.41. The van der Waals surface area contributed by atoms with Crippen LogP contribution >= 0.6 is 0 Å². The molecule has 36 heavy (non-hydrogen) atoms. The minimum Gasteiger partial charge on any atom is -0.470 e. The van der Waals surface area contributed by atoms with E-state index in [4.69, 9.17) is 0 Å². The molecule has 0 atom stereocenters. The number of aromatic nitrogens is 5. The largest absolute Gasteiger partial charge is 0.470 e. The molecule has 0 saturated heterocycles. The second-order valence-electron chi connectivity index (χ2n) is 7.36. The van der Waals surface area contributed by atoms with Gasteiger partial charge in [0, 0.05) is 19.3 Å². The van der Waals surface area contributed by atoms with Crippen LogP contribution in [-0.2, 0) is 9.84 Å². The fraction of sp³-hybridized carbons (Fsp3) is 0.450. The molecule has 3 aromatic heterocycles. The molecule has 1 amide bonds. The summed E-state index contributed by atoms with van der Waals surface area (Å²) in [5, 5.41) is 3.66. The first kappa shape index (κ1) is 27.2. The molecule has 16 heteroatoms. The molecule has 0 spiro atoms. The number of ether oxygens (including phenoxy) is 1. The highest BCUT2D eigenvalue weighted by Crippen LogP contribution is 2.36. The molecule has 0 radical (unpaired) electrons. The van der Waals surface area contributed by atoms with E-state index in [2.05, 4.69) is 24.8 Å². The molecule has 0 unspecified atom stereocenters. The lowest BCUT2D eigenvalue weighted by Gasteiger charge is -2.19. The molecule has 0 bridgehead atoms. The third-order valence-corrected chi connectivity index (χ3v) is 6.77. The van der Waals surface area contributed by atoms with Crippen LogP contribution in [0.5, 0.6) is 5.88 Å². The average Bonchev–Trinajstić information content (AvgIpc) is 3.24. The molecular weight excluding hydrogens is 515 g/mol. The van der Waals surface area contributed by atoms with E-state index < -0.39 is 45.4 Å². The summed E-state index contributed by atoms with van der Waals surface area (Å²) in [4.78, 5) is 26.2. The number of hydrogen-bond donors (Lipinski definition) is 0. The van der Waals surface area contributed by atoms with Crippen molar-refractivity contribution in [3.8, 4) is 17.1 Å². The number of nitrogens with zero attached hydrogens (tertiary/aromatic N) is 6. The van der Waals surface area contributed by atoms with Gasteiger partial charge >= 0.3 is 12.1 Å². The van der Waals surface area contributed by atoms with Crippen LogP contribution in [0.1, 0.15) is 31.3 Å². The Morgan fingerprint density at radius 1 is 1.06 bits per heavy atom. The number of carbonyl (C=O) groups excluding carboxylic acids is 1. The summed E-state index contributed by atoms with van der Waals surface area (Å²) in [6, 6.07) is 1.37. The number of hydrogen-bond acceptors (Lipinski definition) is 8. The van der Waals surface area contributed by atoms with Crippen LogP contribution in [0.4, 0.5) is 22.0 Å². The van der Waals surface area contributed by atoms with E-state index in [1.54, 1.807) is 13.8 Å². The Kier molecular flexibility index (Phi) is 7.48. The molecule has 0 aliphatic rings. The number of carbonyl (C=O) groups is 1. The van der Waals surface area contributed by atoms with E-state index >= 15 is 0 Å². The van der Waals surface area contributed by atoms with Crippen LogP contribution < -0.4 is 4.74 Å². The number of fused-ring (bicyclic) bond motifs is 1. The van der Waals surface area contributed by atoms with Crippen LogP contribution in [0.15, 0.2) is 29.7 Å². The predicted octanol–water partition coefficient (Wildman–Crippen LogP) is 3.04. The van der Waals surface area contributed by atoms with E-state index in [-0.39, 0.29) is 28.4 Å². The van der Waals surface area contributed by atoms with Gasteiger partial charge in [0.05, 0.1) is 29.4 Å². The van der Waals surface area contributed by atoms with Crippen molar-refractivity contribution in [2.75, 3.05) is 25.4 Å². The Labute approximate surface area is 202 Å². The Morgan fingerprint density at radius 2 is 1.72 bits per heavy atom. The van der Waals surface area contributed by atoms with Gasteiger partial charge in [-0.1, -0.05) is 6.92 Å². The summed E-state index contributed by atoms with van der Waals surface area (Å²) in [6.45, 7) is 3.66. The van der Waals surface area contributed by atoms with E-state index in [1.807, 2.05) is 0 Å². The molecule has 0 saturated carbocycles. The van der Waals surface area contributed by atoms with Crippen LogP contribution in [0.25, 0.3) is 16.9 Å². The summed E-state index contributed by atoms with van der Waals surface area (Å²) in [7, 11) is -3.99. The van der Waals surface area contributed by atoms with Gasteiger partial charge in [0.1, 0.15) is 5.69 Å². The fourth-order valence-electron chi connectivity index (χ4n) is 3.11. The lowest BCUT2D eigenvalue weighted by molar-refractivity contribution is -0.290. The minimum absolute atomic E-state index is 0.0322. The molecule has 0 N–H and O–H groups in total. The number of rotatable bonds is 9. The highest BCUT2D eigenvalue weighted by Gasteiger charge is 2.58. The van der Waals surface area contributed by atoms with E-state index in [0.717, 1.165) is 16.9 Å². The highest BCUT2D eigenvalue weighted by molar-refractivity contribution is 7.91. The topological polar surface area (TPSA) is 120 Å². The molecule has 10 nitrogen and oxygen atoms in total. The molecular formula is C20H21F5N6O4S. The van der Waals surface area contributed by atoms with Gasteiger partial charge < -0.3 is 9.64 Å². The predicted molar refractivity (Wildman–Crippen MR) is 115 cm³/mol. The second kappa shape index (κ2) is 9.91. The SMILES string of the molecule is CCN(CC)C(=O)c1ccnc2c(-c3cnc(OCC(F)(F)C(F)(F)F)cn3)c(S(=O)(=O)CC)nn12. The zero-order valence-electron chi connectivity index (χ0n) is 19.3. The minimum atomic E-state index is -5.81. The normalized spacial score (nSPS) is 12.7. The summed E-state index contributed by atoms with van der Waals surface area (Å²) < 4.78 is 94.4. The molecule has 0 aliphatic heterocycles. The maximum atomic E-state index is 13.1. The van der Waals surface area contributed by atoms with Crippen LogP contribution in [-0.4, -0.2) is 81.3 Å². The number of alkyl halides is 5. The van der Waals surface area contributed by atoms with Crippen molar-refractivity contribution in [2.24, 2.45) is 0 Å². The van der Waals surface area contributed by atoms with E-state index in [0.29, 0.717) is 13.1 Å². The van der Waals surface area contributed by atoms with Gasteiger partial charge in [-0.15, -0.1) is 0 Å². The summed E-state index contributed by atoms with van der Waals surface area (Å²) in [6.07, 6.45) is -2.84. The van der Waals surface area contributed by atoms with Gasteiger partial charge in [0.25, 0.3) is 5.91 Å². The number of sulfone groups is 1. The maximum absolute atomic E-state index is 13.1. The van der Waals surface area contributed by atoms with Crippen LogP contribution in [0, 0.1) is 0 Å². The maximum Gasteiger partial charge on any atom is 0.456 e. The molecule has 3 heterocycles. The molecule has 3 aromatic rings. The first-order chi connectivity index (χ1) is 16.8. The lowest BCUT2D eigenvalue weighted by atomic mass is 10.2. The molecule has 0 aromatic carbocycles. The third-order valence-electron chi connectivity index (χ3n) is 5.13. The summed E-state index contributed by atoms with van der Waals surface area (Å²) >= 11 is 0. The quantitative estimate of drug-likeness (QED) is 0.383. The van der Waals surface area contributed by atoms with Crippen molar-refractivity contribution in [3.63, 3.8) is 0 Å². The zero-order valence-corrected chi connectivity index (χ0v) is 20.1. The van der Waals surface area contributed by atoms with Gasteiger partial charge in [-0.05, 0) is 19.9 Å². The molecule has 3 rings (SSSR count). The average molecular weight is 536 g/mol. The Hall–Kier alpha value is -3.43. The third kappa shape index (κ3) is 5.08. The van der Waals surface area contributed by atoms with Crippen molar-refractivity contribution in [3.05, 3.63) is 30.4 Å². The standard InChI is InChI=1S/C20H21F5N6O4S/c1-4-30(5-2)18(32)13-7-8-26-16-15(17(29-31(13)16)36(33,34)6-3)12-9-28-14(10-27-12)35-11-19(21,22)20(23,24)25/h7-10H,4-6,11H2,1-3H3. The Morgan fingerprint density at radius 3 is 2.25 bits per heavy atom. The number of amides is 1. The fourth-order valence-corrected chi connectivity index (χ4v) is 4.09. The van der Waals surface area contributed by atoms with Crippen molar-refractivity contribution in [1.82, 2.24) is 29.5 Å². The first-order valence-corrected chi connectivity index (χ1v) is 12.2. The molecule has 0 aliphatic carbocycles. The Balaban J connectivity index is 2.10. The van der Waals surface area contributed by atoms with Gasteiger partial charge in [0.15, 0.2) is 27.1 Å².